The average molecular weight is 256 g/mol. The first-order valence-corrected chi connectivity index (χ1v) is 4.29. The number of nitrogens with zero attached hydrogens (tertiary/aromatic N) is 1. The highest BCUT2D eigenvalue weighted by atomic mass is 79.9. The van der Waals surface area contributed by atoms with Gasteiger partial charge >= 0.3 is 0 Å². The van der Waals surface area contributed by atoms with Gasteiger partial charge in [0.05, 0.1) is 4.47 Å². The van der Waals surface area contributed by atoms with Crippen LogP contribution in [0.15, 0.2) is 10.7 Å². The molecule has 1 aromatic heterocycles. The Bertz CT molecular complexity index is 304. The molecule has 0 aliphatic rings. The monoisotopic (exact) mass is 255 g/mol. The van der Waals surface area contributed by atoms with E-state index in [1.165, 1.54) is 0 Å². The van der Waals surface area contributed by atoms with E-state index in [0.29, 0.717) is 10.0 Å². The maximum Gasteiger partial charge on any atom is 0.265 e. The first-order valence-electron chi connectivity index (χ1n) is 3.12. The number of rotatable bonds is 1. The SMILES string of the molecule is Cc1c(C(F)F)cnc(Cl)c1Br. The first kappa shape index (κ1) is 9.86. The van der Waals surface area contributed by atoms with Crippen molar-refractivity contribution in [1.29, 1.82) is 0 Å². The highest BCUT2D eigenvalue weighted by Gasteiger charge is 2.14. The summed E-state index contributed by atoms with van der Waals surface area (Å²) in [6, 6.07) is 0. The lowest BCUT2D eigenvalue weighted by atomic mass is 10.2. The number of aromatic nitrogens is 1. The second-order valence-corrected chi connectivity index (χ2v) is 3.40. The minimum atomic E-state index is -2.51. The molecule has 1 heterocycles. The third-order valence-corrected chi connectivity index (χ3v) is 2.98. The van der Waals surface area contributed by atoms with Gasteiger partial charge in [-0.2, -0.15) is 0 Å². The van der Waals surface area contributed by atoms with E-state index in [9.17, 15) is 8.78 Å². The van der Waals surface area contributed by atoms with Gasteiger partial charge in [0.15, 0.2) is 0 Å². The van der Waals surface area contributed by atoms with Gasteiger partial charge in [0.1, 0.15) is 5.15 Å². The van der Waals surface area contributed by atoms with Crippen molar-refractivity contribution in [2.75, 3.05) is 0 Å². The summed E-state index contributed by atoms with van der Waals surface area (Å²) in [4.78, 5) is 3.60. The lowest BCUT2D eigenvalue weighted by molar-refractivity contribution is 0.150. The zero-order valence-corrected chi connectivity index (χ0v) is 8.46. The smallest absolute Gasteiger partial charge is 0.243 e. The van der Waals surface area contributed by atoms with Crippen molar-refractivity contribution in [3.05, 3.63) is 26.9 Å². The third kappa shape index (κ3) is 1.75. The van der Waals surface area contributed by atoms with E-state index in [0.717, 1.165) is 6.20 Å². The molecule has 1 rings (SSSR count). The molecule has 0 aliphatic carbocycles. The Hall–Kier alpha value is -0.220. The van der Waals surface area contributed by atoms with E-state index in [4.69, 9.17) is 11.6 Å². The molecule has 0 aliphatic heterocycles. The third-order valence-electron chi connectivity index (χ3n) is 1.50. The quantitative estimate of drug-likeness (QED) is 0.698. The molecule has 0 aromatic carbocycles. The van der Waals surface area contributed by atoms with E-state index in [2.05, 4.69) is 20.9 Å². The van der Waals surface area contributed by atoms with Gasteiger partial charge in [-0.15, -0.1) is 0 Å². The summed E-state index contributed by atoms with van der Waals surface area (Å²) in [5.74, 6) is 0. The van der Waals surface area contributed by atoms with Crippen LogP contribution in [0.3, 0.4) is 0 Å². The van der Waals surface area contributed by atoms with Gasteiger partial charge in [-0.05, 0) is 28.4 Å². The van der Waals surface area contributed by atoms with Crippen molar-refractivity contribution < 1.29 is 8.78 Å². The number of hydrogen-bond acceptors (Lipinski definition) is 1. The number of alkyl halides is 2. The molecule has 0 saturated heterocycles. The van der Waals surface area contributed by atoms with Crippen LogP contribution in [0.25, 0.3) is 0 Å². The largest absolute Gasteiger partial charge is 0.265 e. The normalized spacial score (nSPS) is 10.8. The van der Waals surface area contributed by atoms with Crippen molar-refractivity contribution in [1.82, 2.24) is 4.98 Å². The molecule has 0 N–H and O–H groups in total. The molecule has 5 heteroatoms. The zero-order valence-electron chi connectivity index (χ0n) is 6.11. The summed E-state index contributed by atoms with van der Waals surface area (Å²) >= 11 is 8.66. The minimum absolute atomic E-state index is 0.0914. The Morgan fingerprint density at radius 1 is 1.58 bits per heavy atom. The molecule has 1 aromatic rings. The zero-order chi connectivity index (χ0) is 9.30. The van der Waals surface area contributed by atoms with E-state index >= 15 is 0 Å². The Labute approximate surface area is 81.9 Å². The topological polar surface area (TPSA) is 12.9 Å². The van der Waals surface area contributed by atoms with Gasteiger partial charge in [0, 0.05) is 11.8 Å². The second-order valence-electron chi connectivity index (χ2n) is 2.24. The first-order chi connectivity index (χ1) is 5.54. The van der Waals surface area contributed by atoms with E-state index in [1.807, 2.05) is 0 Å². The van der Waals surface area contributed by atoms with Crippen LogP contribution in [-0.2, 0) is 0 Å². The summed E-state index contributed by atoms with van der Waals surface area (Å²) < 4.78 is 24.9. The molecule has 66 valence electrons. The van der Waals surface area contributed by atoms with Gasteiger partial charge in [-0.1, -0.05) is 11.6 Å². The fraction of sp³-hybridized carbons (Fsp3) is 0.286. The summed E-state index contributed by atoms with van der Waals surface area (Å²) in [5, 5.41) is 0.205. The predicted octanol–water partition coefficient (Wildman–Crippen LogP) is 3.74. The lowest BCUT2D eigenvalue weighted by Gasteiger charge is -2.06. The van der Waals surface area contributed by atoms with Crippen LogP contribution >= 0.6 is 27.5 Å². The van der Waals surface area contributed by atoms with Crippen LogP contribution in [0, 0.1) is 6.92 Å². The maximum absolute atomic E-state index is 12.2. The molecule has 0 unspecified atom stereocenters. The van der Waals surface area contributed by atoms with E-state index in [-0.39, 0.29) is 10.7 Å². The van der Waals surface area contributed by atoms with Gasteiger partial charge in [0.2, 0.25) is 0 Å². The van der Waals surface area contributed by atoms with Gasteiger partial charge < -0.3 is 0 Å². The molecule has 0 amide bonds. The van der Waals surface area contributed by atoms with E-state index < -0.39 is 6.43 Å². The number of pyridine rings is 1. The Morgan fingerprint density at radius 2 is 2.17 bits per heavy atom. The second kappa shape index (κ2) is 3.66. The summed E-state index contributed by atoms with van der Waals surface area (Å²) in [5.41, 5.74) is 0.344. The highest BCUT2D eigenvalue weighted by molar-refractivity contribution is 9.10. The van der Waals surface area contributed by atoms with Crippen LogP contribution in [0.4, 0.5) is 8.78 Å². The van der Waals surface area contributed by atoms with Gasteiger partial charge in [-0.25, -0.2) is 13.8 Å². The van der Waals surface area contributed by atoms with Crippen molar-refractivity contribution in [2.45, 2.75) is 13.3 Å². The van der Waals surface area contributed by atoms with Crippen LogP contribution < -0.4 is 0 Å². The predicted molar refractivity (Wildman–Crippen MR) is 46.6 cm³/mol. The molecule has 12 heavy (non-hydrogen) atoms. The van der Waals surface area contributed by atoms with Crippen molar-refractivity contribution in [3.8, 4) is 0 Å². The van der Waals surface area contributed by atoms with Crippen LogP contribution in [-0.4, -0.2) is 4.98 Å². The molecule has 0 bridgehead atoms. The molecular weight excluding hydrogens is 251 g/mol. The average Bonchev–Trinajstić information content (AvgIpc) is 2.00. The summed E-state index contributed by atoms with van der Waals surface area (Å²) in [6.07, 6.45) is -1.42. The molecule has 1 nitrogen and oxygen atoms in total. The fourth-order valence-electron chi connectivity index (χ4n) is 0.781. The van der Waals surface area contributed by atoms with Crippen LogP contribution in [0.2, 0.25) is 5.15 Å². The van der Waals surface area contributed by atoms with Crippen molar-refractivity contribution in [3.63, 3.8) is 0 Å². The lowest BCUT2D eigenvalue weighted by Crippen LogP contribution is -1.93. The molecule has 0 atom stereocenters. The Balaban J connectivity index is 3.27. The minimum Gasteiger partial charge on any atom is -0.243 e. The Morgan fingerprint density at radius 3 is 2.67 bits per heavy atom. The summed E-state index contributed by atoms with van der Waals surface area (Å²) in [7, 11) is 0. The molecule has 0 saturated carbocycles. The maximum atomic E-state index is 12.2. The van der Waals surface area contributed by atoms with Crippen molar-refractivity contribution in [2.24, 2.45) is 0 Å². The van der Waals surface area contributed by atoms with Crippen LogP contribution in [0.1, 0.15) is 17.6 Å². The molecule has 0 radical (unpaired) electrons. The molecular formula is C7H5BrClF2N. The fourth-order valence-corrected chi connectivity index (χ4v) is 1.30. The Kier molecular flexibility index (Phi) is 3.01. The standard InChI is InChI=1S/C7H5BrClF2N/c1-3-4(7(10)11)2-12-6(9)5(3)8/h2,7H,1H3. The molecule has 0 fully saturated rings. The van der Waals surface area contributed by atoms with Gasteiger partial charge in [0.25, 0.3) is 6.43 Å². The highest BCUT2D eigenvalue weighted by Crippen LogP contribution is 2.30. The van der Waals surface area contributed by atoms with E-state index in [1.54, 1.807) is 6.92 Å². The number of halogens is 4. The van der Waals surface area contributed by atoms with Crippen molar-refractivity contribution >= 4 is 27.5 Å². The number of hydrogen-bond donors (Lipinski definition) is 0. The molecule has 0 spiro atoms. The summed E-state index contributed by atoms with van der Waals surface area (Å²) in [6.45, 7) is 1.57. The van der Waals surface area contributed by atoms with Gasteiger partial charge in [-0.3, -0.25) is 0 Å². The van der Waals surface area contributed by atoms with Crippen LogP contribution in [0.5, 0.6) is 0 Å².